The second-order valence-electron chi connectivity index (χ2n) is 4.16. The predicted octanol–water partition coefficient (Wildman–Crippen LogP) is 2.66. The van der Waals surface area contributed by atoms with Crippen molar-refractivity contribution >= 4 is 22.9 Å². The summed E-state index contributed by atoms with van der Waals surface area (Å²) in [6, 6.07) is 11.2. The maximum Gasteiger partial charge on any atom is 0.229 e. The van der Waals surface area contributed by atoms with Crippen LogP contribution in [-0.2, 0) is 11.2 Å². The standard InChI is InChI=1S/C16H15NO2S/c18-10-2-1-4-13-6-8-14(9-7-13)17-16(19)12-15-5-3-11-20-15/h3,5-9,11,18H,2,10,12H2,(H,17,19). The number of amides is 1. The van der Waals surface area contributed by atoms with Gasteiger partial charge < -0.3 is 10.4 Å². The quantitative estimate of drug-likeness (QED) is 0.849. The van der Waals surface area contributed by atoms with Crippen LogP contribution in [-0.4, -0.2) is 17.6 Å². The van der Waals surface area contributed by atoms with Crippen molar-refractivity contribution in [2.24, 2.45) is 0 Å². The molecule has 0 aliphatic rings. The molecule has 20 heavy (non-hydrogen) atoms. The molecular weight excluding hydrogens is 270 g/mol. The number of carbonyl (C=O) groups is 1. The molecule has 2 aromatic rings. The Bertz CT molecular complexity index is 606. The Kier molecular flexibility index (Phi) is 5.36. The van der Waals surface area contributed by atoms with Gasteiger partial charge in [-0.05, 0) is 35.7 Å². The average molecular weight is 285 g/mol. The van der Waals surface area contributed by atoms with Gasteiger partial charge in [0.1, 0.15) is 0 Å². The molecule has 1 aromatic carbocycles. The molecule has 0 unspecified atom stereocenters. The monoisotopic (exact) mass is 285 g/mol. The molecule has 1 heterocycles. The molecule has 1 amide bonds. The SMILES string of the molecule is O=C(Cc1cccs1)Nc1ccc(C#CCCO)cc1. The van der Waals surface area contributed by atoms with Gasteiger partial charge in [0.05, 0.1) is 13.0 Å². The summed E-state index contributed by atoms with van der Waals surface area (Å²) in [4.78, 5) is 12.9. The first-order valence-electron chi connectivity index (χ1n) is 6.30. The van der Waals surface area contributed by atoms with Gasteiger partial charge in [-0.15, -0.1) is 11.3 Å². The van der Waals surface area contributed by atoms with Crippen molar-refractivity contribution in [3.05, 3.63) is 52.2 Å². The van der Waals surface area contributed by atoms with Gasteiger partial charge in [0, 0.05) is 22.5 Å². The molecule has 0 bridgehead atoms. The van der Waals surface area contributed by atoms with E-state index in [0.717, 1.165) is 16.1 Å². The fourth-order valence-corrected chi connectivity index (χ4v) is 2.34. The number of hydrogen-bond donors (Lipinski definition) is 2. The van der Waals surface area contributed by atoms with Crippen LogP contribution in [0, 0.1) is 11.8 Å². The topological polar surface area (TPSA) is 49.3 Å². The summed E-state index contributed by atoms with van der Waals surface area (Å²) in [5.74, 6) is 5.78. The van der Waals surface area contributed by atoms with E-state index in [0.29, 0.717) is 12.8 Å². The van der Waals surface area contributed by atoms with E-state index >= 15 is 0 Å². The fourth-order valence-electron chi connectivity index (χ4n) is 1.63. The number of anilines is 1. The number of aliphatic hydroxyl groups excluding tert-OH is 1. The van der Waals surface area contributed by atoms with E-state index in [1.807, 2.05) is 41.8 Å². The second-order valence-corrected chi connectivity index (χ2v) is 5.19. The molecule has 0 spiro atoms. The summed E-state index contributed by atoms with van der Waals surface area (Å²) in [5.41, 5.74) is 1.63. The third-order valence-electron chi connectivity index (χ3n) is 2.55. The Balaban J connectivity index is 1.90. The van der Waals surface area contributed by atoms with Crippen LogP contribution in [0.1, 0.15) is 16.9 Å². The number of benzene rings is 1. The highest BCUT2D eigenvalue weighted by Gasteiger charge is 2.04. The molecule has 2 N–H and O–H groups in total. The van der Waals surface area contributed by atoms with Gasteiger partial charge in [-0.3, -0.25) is 4.79 Å². The average Bonchev–Trinajstić information content (AvgIpc) is 2.94. The lowest BCUT2D eigenvalue weighted by molar-refractivity contribution is -0.115. The van der Waals surface area contributed by atoms with Gasteiger partial charge in [0.2, 0.25) is 5.91 Å². The fraction of sp³-hybridized carbons (Fsp3) is 0.188. The Morgan fingerprint density at radius 1 is 1.25 bits per heavy atom. The highest BCUT2D eigenvalue weighted by molar-refractivity contribution is 7.10. The van der Waals surface area contributed by atoms with Crippen molar-refractivity contribution < 1.29 is 9.90 Å². The first-order chi connectivity index (χ1) is 9.78. The van der Waals surface area contributed by atoms with Gasteiger partial charge in [-0.2, -0.15) is 0 Å². The molecule has 4 heteroatoms. The van der Waals surface area contributed by atoms with E-state index < -0.39 is 0 Å². The molecule has 0 aliphatic heterocycles. The van der Waals surface area contributed by atoms with E-state index in [9.17, 15) is 4.79 Å². The number of rotatable bonds is 4. The smallest absolute Gasteiger partial charge is 0.229 e. The van der Waals surface area contributed by atoms with Crippen LogP contribution in [0.2, 0.25) is 0 Å². The summed E-state index contributed by atoms with van der Waals surface area (Å²) >= 11 is 1.58. The Morgan fingerprint density at radius 3 is 2.70 bits per heavy atom. The van der Waals surface area contributed by atoms with Crippen molar-refractivity contribution in [3.63, 3.8) is 0 Å². The van der Waals surface area contributed by atoms with Crippen LogP contribution >= 0.6 is 11.3 Å². The number of hydrogen-bond acceptors (Lipinski definition) is 3. The third-order valence-corrected chi connectivity index (χ3v) is 3.43. The molecule has 2 rings (SSSR count). The van der Waals surface area contributed by atoms with E-state index in [4.69, 9.17) is 5.11 Å². The maximum atomic E-state index is 11.8. The predicted molar refractivity (Wildman–Crippen MR) is 81.7 cm³/mol. The summed E-state index contributed by atoms with van der Waals surface area (Å²) in [6.45, 7) is 0.0733. The lowest BCUT2D eigenvalue weighted by Gasteiger charge is -2.04. The minimum Gasteiger partial charge on any atom is -0.395 e. The normalized spacial score (nSPS) is 9.65. The zero-order valence-corrected chi connectivity index (χ0v) is 11.7. The van der Waals surface area contributed by atoms with Gasteiger partial charge >= 0.3 is 0 Å². The Labute approximate surface area is 122 Å². The van der Waals surface area contributed by atoms with E-state index in [-0.39, 0.29) is 12.5 Å². The van der Waals surface area contributed by atoms with E-state index in [1.165, 1.54) is 0 Å². The number of carbonyl (C=O) groups excluding carboxylic acids is 1. The molecule has 102 valence electrons. The van der Waals surface area contributed by atoms with Crippen LogP contribution in [0.3, 0.4) is 0 Å². The van der Waals surface area contributed by atoms with Crippen molar-refractivity contribution in [3.8, 4) is 11.8 Å². The highest BCUT2D eigenvalue weighted by Crippen LogP contribution is 2.12. The summed E-state index contributed by atoms with van der Waals surface area (Å²) in [5, 5.41) is 13.5. The number of thiophene rings is 1. The minimum absolute atomic E-state index is 0.0217. The minimum atomic E-state index is -0.0217. The molecule has 0 fully saturated rings. The van der Waals surface area contributed by atoms with Crippen molar-refractivity contribution in [2.45, 2.75) is 12.8 Å². The molecule has 0 radical (unpaired) electrons. The Morgan fingerprint density at radius 2 is 2.05 bits per heavy atom. The molecular formula is C16H15NO2S. The summed E-state index contributed by atoms with van der Waals surface area (Å²) in [6.07, 6.45) is 0.870. The lowest BCUT2D eigenvalue weighted by atomic mass is 10.2. The van der Waals surface area contributed by atoms with Crippen molar-refractivity contribution in [2.75, 3.05) is 11.9 Å². The molecule has 1 aromatic heterocycles. The highest BCUT2D eigenvalue weighted by atomic mass is 32.1. The zero-order chi connectivity index (χ0) is 14.2. The maximum absolute atomic E-state index is 11.8. The molecule has 0 saturated heterocycles. The van der Waals surface area contributed by atoms with E-state index in [2.05, 4.69) is 17.2 Å². The molecule has 0 saturated carbocycles. The molecule has 0 aliphatic carbocycles. The third kappa shape index (κ3) is 4.54. The van der Waals surface area contributed by atoms with Crippen LogP contribution in [0.4, 0.5) is 5.69 Å². The zero-order valence-electron chi connectivity index (χ0n) is 10.9. The van der Waals surface area contributed by atoms with Crippen LogP contribution in [0.15, 0.2) is 41.8 Å². The van der Waals surface area contributed by atoms with Crippen molar-refractivity contribution in [1.82, 2.24) is 0 Å². The number of nitrogens with one attached hydrogen (secondary N) is 1. The van der Waals surface area contributed by atoms with Crippen LogP contribution in [0.25, 0.3) is 0 Å². The first kappa shape index (κ1) is 14.3. The van der Waals surface area contributed by atoms with Crippen LogP contribution < -0.4 is 5.32 Å². The molecule has 3 nitrogen and oxygen atoms in total. The summed E-state index contributed by atoms with van der Waals surface area (Å²) < 4.78 is 0. The lowest BCUT2D eigenvalue weighted by Crippen LogP contribution is -2.13. The van der Waals surface area contributed by atoms with Crippen molar-refractivity contribution in [1.29, 1.82) is 0 Å². The van der Waals surface area contributed by atoms with E-state index in [1.54, 1.807) is 11.3 Å². The number of aliphatic hydroxyl groups is 1. The van der Waals surface area contributed by atoms with Gasteiger partial charge in [-0.25, -0.2) is 0 Å². The Hall–Kier alpha value is -2.09. The largest absolute Gasteiger partial charge is 0.395 e. The summed E-state index contributed by atoms with van der Waals surface area (Å²) in [7, 11) is 0. The van der Waals surface area contributed by atoms with Gasteiger partial charge in [0.15, 0.2) is 0 Å². The first-order valence-corrected chi connectivity index (χ1v) is 7.18. The van der Waals surface area contributed by atoms with Gasteiger partial charge in [-0.1, -0.05) is 17.9 Å². The second kappa shape index (κ2) is 7.49. The molecule has 0 atom stereocenters. The van der Waals surface area contributed by atoms with Crippen LogP contribution in [0.5, 0.6) is 0 Å². The van der Waals surface area contributed by atoms with Gasteiger partial charge in [0.25, 0.3) is 0 Å².